The van der Waals surface area contributed by atoms with Crippen LogP contribution >= 0.6 is 0 Å². The lowest BCUT2D eigenvalue weighted by atomic mass is 10.1. The number of para-hydroxylation sites is 1. The number of carbonyl (C=O) groups is 2. The zero-order valence-electron chi connectivity index (χ0n) is 17.5. The van der Waals surface area contributed by atoms with Gasteiger partial charge in [-0.25, -0.2) is 0 Å². The van der Waals surface area contributed by atoms with E-state index in [0.29, 0.717) is 6.54 Å². The standard InChI is InChI=1S/C22H26F3N3O2/c1-5-28(13-20(30)27-21-15(3)10-14(2)11-16(21)4)12-19(29)26-18-9-7-6-8-17(18)22(23,24)25/h6-11H,5,12-13H2,1-4H3,(H,26,29)(H,27,30). The van der Waals surface area contributed by atoms with Crippen molar-refractivity contribution in [2.24, 2.45) is 0 Å². The van der Waals surface area contributed by atoms with Crippen LogP contribution in [0.3, 0.4) is 0 Å². The Bertz CT molecular complexity index is 903. The Labute approximate surface area is 174 Å². The number of rotatable bonds is 7. The third-order valence-corrected chi connectivity index (χ3v) is 4.63. The number of hydrogen-bond donors (Lipinski definition) is 2. The van der Waals surface area contributed by atoms with Crippen LogP contribution in [0, 0.1) is 20.8 Å². The number of aryl methyl sites for hydroxylation is 3. The molecule has 8 heteroatoms. The van der Waals surface area contributed by atoms with Crippen LogP contribution in [0.4, 0.5) is 24.5 Å². The fourth-order valence-electron chi connectivity index (χ4n) is 3.27. The van der Waals surface area contributed by atoms with E-state index in [1.54, 1.807) is 11.8 Å². The third kappa shape index (κ3) is 6.32. The van der Waals surface area contributed by atoms with Crippen molar-refractivity contribution in [3.8, 4) is 0 Å². The summed E-state index contributed by atoms with van der Waals surface area (Å²) in [5.41, 5.74) is 2.47. The SMILES string of the molecule is CCN(CC(=O)Nc1ccccc1C(F)(F)F)CC(=O)Nc1c(C)cc(C)cc1C. The molecular formula is C22H26F3N3O2. The third-order valence-electron chi connectivity index (χ3n) is 4.63. The molecule has 2 rings (SSSR count). The van der Waals surface area contributed by atoms with E-state index in [-0.39, 0.29) is 24.7 Å². The molecule has 2 aromatic carbocycles. The van der Waals surface area contributed by atoms with E-state index in [1.807, 2.05) is 32.9 Å². The van der Waals surface area contributed by atoms with E-state index < -0.39 is 17.6 Å². The highest BCUT2D eigenvalue weighted by molar-refractivity contribution is 5.95. The number of benzene rings is 2. The second kappa shape index (κ2) is 9.75. The van der Waals surface area contributed by atoms with Crippen LogP contribution in [0.1, 0.15) is 29.2 Å². The highest BCUT2D eigenvalue weighted by Crippen LogP contribution is 2.34. The van der Waals surface area contributed by atoms with E-state index in [9.17, 15) is 22.8 Å². The minimum Gasteiger partial charge on any atom is -0.324 e. The molecule has 0 saturated heterocycles. The first-order valence-corrected chi connectivity index (χ1v) is 9.57. The van der Waals surface area contributed by atoms with Gasteiger partial charge in [0.2, 0.25) is 11.8 Å². The Morgan fingerprint density at radius 3 is 2.00 bits per heavy atom. The minimum atomic E-state index is -4.57. The lowest BCUT2D eigenvalue weighted by Gasteiger charge is -2.21. The van der Waals surface area contributed by atoms with Crippen molar-refractivity contribution in [1.29, 1.82) is 0 Å². The molecule has 5 nitrogen and oxygen atoms in total. The summed E-state index contributed by atoms with van der Waals surface area (Å²) in [5, 5.41) is 5.16. The maximum Gasteiger partial charge on any atom is 0.418 e. The van der Waals surface area contributed by atoms with Crippen molar-refractivity contribution in [1.82, 2.24) is 4.90 Å². The van der Waals surface area contributed by atoms with Crippen LogP contribution in [0.25, 0.3) is 0 Å². The van der Waals surface area contributed by atoms with Crippen LogP contribution < -0.4 is 10.6 Å². The number of anilines is 2. The number of halogens is 3. The minimum absolute atomic E-state index is 0.0579. The van der Waals surface area contributed by atoms with Crippen LogP contribution in [0.15, 0.2) is 36.4 Å². The molecule has 0 aromatic heterocycles. The predicted octanol–water partition coefficient (Wildman–Crippen LogP) is 4.53. The van der Waals surface area contributed by atoms with Gasteiger partial charge in [0, 0.05) is 5.69 Å². The van der Waals surface area contributed by atoms with Crippen molar-refractivity contribution >= 4 is 23.2 Å². The molecule has 2 aromatic rings. The van der Waals surface area contributed by atoms with E-state index >= 15 is 0 Å². The van der Waals surface area contributed by atoms with E-state index in [1.165, 1.54) is 18.2 Å². The zero-order valence-corrected chi connectivity index (χ0v) is 17.5. The van der Waals surface area contributed by atoms with Gasteiger partial charge < -0.3 is 10.6 Å². The van der Waals surface area contributed by atoms with E-state index in [0.717, 1.165) is 28.4 Å². The normalized spacial score (nSPS) is 11.5. The molecule has 0 spiro atoms. The van der Waals surface area contributed by atoms with E-state index in [2.05, 4.69) is 10.6 Å². The van der Waals surface area contributed by atoms with Crippen molar-refractivity contribution in [3.05, 3.63) is 58.7 Å². The predicted molar refractivity (Wildman–Crippen MR) is 111 cm³/mol. The summed E-state index contributed by atoms with van der Waals surface area (Å²) in [6.07, 6.45) is -4.57. The topological polar surface area (TPSA) is 61.4 Å². The smallest absolute Gasteiger partial charge is 0.324 e. The number of alkyl halides is 3. The quantitative estimate of drug-likeness (QED) is 0.691. The molecule has 2 amide bonds. The van der Waals surface area contributed by atoms with E-state index in [4.69, 9.17) is 0 Å². The number of nitrogens with zero attached hydrogens (tertiary/aromatic N) is 1. The average Bonchev–Trinajstić information content (AvgIpc) is 2.63. The highest BCUT2D eigenvalue weighted by atomic mass is 19.4. The first-order valence-electron chi connectivity index (χ1n) is 9.57. The Morgan fingerprint density at radius 1 is 0.933 bits per heavy atom. The summed E-state index contributed by atoms with van der Waals surface area (Å²) >= 11 is 0. The van der Waals surface area contributed by atoms with Gasteiger partial charge in [-0.2, -0.15) is 13.2 Å². The molecule has 30 heavy (non-hydrogen) atoms. The molecule has 0 aliphatic rings. The van der Waals surface area contributed by atoms with Gasteiger partial charge >= 0.3 is 6.18 Å². The zero-order chi connectivity index (χ0) is 22.5. The second-order valence-electron chi connectivity index (χ2n) is 7.22. The van der Waals surface area contributed by atoms with Gasteiger partial charge in [-0.15, -0.1) is 0 Å². The van der Waals surface area contributed by atoms with Gasteiger partial charge in [0.05, 0.1) is 24.3 Å². The Kier molecular flexibility index (Phi) is 7.61. The van der Waals surface area contributed by atoms with Gasteiger partial charge in [-0.1, -0.05) is 36.8 Å². The molecular weight excluding hydrogens is 395 g/mol. The van der Waals surface area contributed by atoms with Crippen LogP contribution in [0.5, 0.6) is 0 Å². The fraction of sp³-hybridized carbons (Fsp3) is 0.364. The number of carbonyl (C=O) groups excluding carboxylic acids is 2. The van der Waals surface area contributed by atoms with Crippen molar-refractivity contribution < 1.29 is 22.8 Å². The summed E-state index contributed by atoms with van der Waals surface area (Å²) < 4.78 is 39.2. The summed E-state index contributed by atoms with van der Waals surface area (Å²) in [4.78, 5) is 26.3. The fourth-order valence-corrected chi connectivity index (χ4v) is 3.27. The van der Waals surface area contributed by atoms with Crippen LogP contribution in [0.2, 0.25) is 0 Å². The molecule has 0 radical (unpaired) electrons. The van der Waals surface area contributed by atoms with Crippen LogP contribution in [-0.4, -0.2) is 36.3 Å². The molecule has 0 aliphatic carbocycles. The monoisotopic (exact) mass is 421 g/mol. The number of amides is 2. The Morgan fingerprint density at radius 2 is 1.47 bits per heavy atom. The average molecular weight is 421 g/mol. The molecule has 162 valence electrons. The first kappa shape index (κ1) is 23.4. The summed E-state index contributed by atoms with van der Waals surface area (Å²) in [7, 11) is 0. The van der Waals surface area contributed by atoms with Crippen molar-refractivity contribution in [2.75, 3.05) is 30.3 Å². The highest BCUT2D eigenvalue weighted by Gasteiger charge is 2.33. The lowest BCUT2D eigenvalue weighted by Crippen LogP contribution is -2.39. The summed E-state index contributed by atoms with van der Waals surface area (Å²) in [6, 6.07) is 8.72. The lowest BCUT2D eigenvalue weighted by molar-refractivity contribution is -0.137. The number of hydrogen-bond acceptors (Lipinski definition) is 3. The molecule has 0 fully saturated rings. The van der Waals surface area contributed by atoms with Crippen molar-refractivity contribution in [2.45, 2.75) is 33.9 Å². The second-order valence-corrected chi connectivity index (χ2v) is 7.22. The Balaban J connectivity index is 2.01. The number of nitrogens with one attached hydrogen (secondary N) is 2. The maximum absolute atomic E-state index is 13.1. The van der Waals surface area contributed by atoms with Gasteiger partial charge in [0.15, 0.2) is 0 Å². The molecule has 2 N–H and O–H groups in total. The molecule has 0 heterocycles. The maximum atomic E-state index is 13.1. The van der Waals surface area contributed by atoms with Gasteiger partial charge in [-0.3, -0.25) is 14.5 Å². The molecule has 0 atom stereocenters. The molecule has 0 unspecified atom stereocenters. The van der Waals surface area contributed by atoms with Crippen LogP contribution in [-0.2, 0) is 15.8 Å². The summed E-state index contributed by atoms with van der Waals surface area (Å²) in [6.45, 7) is 7.66. The molecule has 0 aliphatic heterocycles. The Hall–Kier alpha value is -2.87. The van der Waals surface area contributed by atoms with Crippen molar-refractivity contribution in [3.63, 3.8) is 0 Å². The largest absolute Gasteiger partial charge is 0.418 e. The first-order chi connectivity index (χ1) is 14.0. The summed E-state index contributed by atoms with van der Waals surface area (Å²) in [5.74, 6) is -0.917. The molecule has 0 bridgehead atoms. The van der Waals surface area contributed by atoms with Gasteiger partial charge in [0.1, 0.15) is 0 Å². The number of likely N-dealkylation sites (N-methyl/N-ethyl adjacent to an activating group) is 1. The van der Waals surface area contributed by atoms with Gasteiger partial charge in [0.25, 0.3) is 0 Å². The van der Waals surface area contributed by atoms with Gasteiger partial charge in [-0.05, 0) is 50.6 Å². The molecule has 0 saturated carbocycles.